The maximum Gasteiger partial charge on any atom is 0.416 e. The predicted molar refractivity (Wildman–Crippen MR) is 65.5 cm³/mol. The summed E-state index contributed by atoms with van der Waals surface area (Å²) >= 11 is 1.26. The van der Waals surface area contributed by atoms with Gasteiger partial charge in [-0.2, -0.15) is 13.2 Å². The van der Waals surface area contributed by atoms with Crippen molar-refractivity contribution in [1.29, 1.82) is 0 Å². The van der Waals surface area contributed by atoms with Crippen LogP contribution in [0.4, 0.5) is 13.2 Å². The van der Waals surface area contributed by atoms with Crippen LogP contribution in [0.5, 0.6) is 0 Å². The molecular weight excluding hydrogens is 275 g/mol. The summed E-state index contributed by atoms with van der Waals surface area (Å²) in [7, 11) is 0. The molecule has 0 bridgehead atoms. The first kappa shape index (κ1) is 13.8. The molecule has 2 rings (SSSR count). The average Bonchev–Trinajstić information content (AvgIpc) is 2.38. The maximum atomic E-state index is 12.7. The van der Waals surface area contributed by atoms with Crippen molar-refractivity contribution in [2.24, 2.45) is 5.73 Å². The van der Waals surface area contributed by atoms with E-state index in [0.29, 0.717) is 9.92 Å². The molecule has 0 aliphatic heterocycles. The fourth-order valence-electron chi connectivity index (χ4n) is 1.54. The Hall–Kier alpha value is -1.60. The Morgan fingerprint density at radius 2 is 2.00 bits per heavy atom. The molecule has 0 atom stereocenters. The molecule has 0 radical (unpaired) electrons. The van der Waals surface area contributed by atoms with Gasteiger partial charge < -0.3 is 5.73 Å². The van der Waals surface area contributed by atoms with Crippen molar-refractivity contribution in [3.63, 3.8) is 0 Å². The number of hydrogen-bond donors (Lipinski definition) is 1. The van der Waals surface area contributed by atoms with Gasteiger partial charge in [0.05, 0.1) is 5.56 Å². The summed E-state index contributed by atoms with van der Waals surface area (Å²) in [5.74, 6) is 0. The van der Waals surface area contributed by atoms with Crippen LogP contribution in [-0.4, -0.2) is 9.97 Å². The van der Waals surface area contributed by atoms with E-state index >= 15 is 0 Å². The molecule has 100 valence electrons. The number of halogens is 3. The highest BCUT2D eigenvalue weighted by Crippen LogP contribution is 2.35. The van der Waals surface area contributed by atoms with Crippen LogP contribution in [-0.2, 0) is 12.7 Å². The quantitative estimate of drug-likeness (QED) is 0.880. The van der Waals surface area contributed by atoms with E-state index in [1.54, 1.807) is 12.3 Å². The van der Waals surface area contributed by atoms with Gasteiger partial charge in [-0.3, -0.25) is 0 Å². The average molecular weight is 285 g/mol. The molecule has 0 unspecified atom stereocenters. The Balaban J connectivity index is 2.30. The van der Waals surface area contributed by atoms with Crippen molar-refractivity contribution < 1.29 is 13.2 Å². The van der Waals surface area contributed by atoms with Gasteiger partial charge in [-0.15, -0.1) is 0 Å². The number of aromatic nitrogens is 2. The molecule has 0 saturated carbocycles. The van der Waals surface area contributed by atoms with Gasteiger partial charge >= 0.3 is 6.18 Å². The van der Waals surface area contributed by atoms with E-state index in [0.717, 1.165) is 6.07 Å². The van der Waals surface area contributed by atoms with Gasteiger partial charge in [0.1, 0.15) is 11.4 Å². The highest BCUT2D eigenvalue weighted by Gasteiger charge is 2.32. The van der Waals surface area contributed by atoms with Crippen LogP contribution in [0.25, 0.3) is 0 Å². The lowest BCUT2D eigenvalue weighted by Gasteiger charge is -2.12. The minimum Gasteiger partial charge on any atom is -0.326 e. The number of nitrogens with two attached hydrogens (primary N) is 1. The molecule has 0 amide bonds. The van der Waals surface area contributed by atoms with Crippen LogP contribution in [0.15, 0.2) is 46.7 Å². The summed E-state index contributed by atoms with van der Waals surface area (Å²) in [6, 6.07) is 5.58. The van der Waals surface area contributed by atoms with Crippen molar-refractivity contribution in [3.8, 4) is 0 Å². The van der Waals surface area contributed by atoms with Crippen LogP contribution in [0, 0.1) is 0 Å². The lowest BCUT2D eigenvalue weighted by molar-refractivity contribution is -0.138. The molecule has 0 spiro atoms. The van der Waals surface area contributed by atoms with Gasteiger partial charge in [-0.25, -0.2) is 9.97 Å². The van der Waals surface area contributed by atoms with E-state index in [9.17, 15) is 13.2 Å². The first-order chi connectivity index (χ1) is 9.00. The first-order valence-corrected chi connectivity index (χ1v) is 6.16. The van der Waals surface area contributed by atoms with Crippen molar-refractivity contribution >= 4 is 11.8 Å². The number of rotatable bonds is 3. The lowest BCUT2D eigenvalue weighted by Crippen LogP contribution is -2.11. The molecular formula is C12H10F3N3S. The summed E-state index contributed by atoms with van der Waals surface area (Å²) in [6.45, 7) is -0.160. The van der Waals surface area contributed by atoms with Gasteiger partial charge in [0.25, 0.3) is 0 Å². The minimum atomic E-state index is -4.38. The molecule has 2 N–H and O–H groups in total. The van der Waals surface area contributed by atoms with Gasteiger partial charge in [0.15, 0.2) is 0 Å². The van der Waals surface area contributed by atoms with Crippen LogP contribution >= 0.6 is 11.8 Å². The molecule has 0 aliphatic rings. The zero-order valence-electron chi connectivity index (χ0n) is 9.69. The molecule has 1 aromatic carbocycles. The summed E-state index contributed by atoms with van der Waals surface area (Å²) in [6.07, 6.45) is -1.42. The molecule has 0 fully saturated rings. The fourth-order valence-corrected chi connectivity index (χ4v) is 2.35. The Bertz CT molecular complexity index is 558. The van der Waals surface area contributed by atoms with E-state index in [4.69, 9.17) is 5.73 Å². The Labute approximate surface area is 112 Å². The molecule has 19 heavy (non-hydrogen) atoms. The van der Waals surface area contributed by atoms with E-state index in [2.05, 4.69) is 9.97 Å². The van der Waals surface area contributed by atoms with Crippen LogP contribution in [0.2, 0.25) is 0 Å². The van der Waals surface area contributed by atoms with Gasteiger partial charge in [0.2, 0.25) is 0 Å². The maximum absolute atomic E-state index is 12.7. The third kappa shape index (κ3) is 3.45. The largest absolute Gasteiger partial charge is 0.416 e. The molecule has 1 aromatic heterocycles. The van der Waals surface area contributed by atoms with Gasteiger partial charge in [-0.05, 0) is 29.8 Å². The summed E-state index contributed by atoms with van der Waals surface area (Å²) in [5, 5.41) is 0.665. The normalized spacial score (nSPS) is 11.6. The van der Waals surface area contributed by atoms with E-state index in [1.165, 1.54) is 30.2 Å². The third-order valence-corrected chi connectivity index (χ3v) is 3.32. The van der Waals surface area contributed by atoms with Gasteiger partial charge in [-0.1, -0.05) is 11.8 Å². The minimum absolute atomic E-state index is 0.0755. The topological polar surface area (TPSA) is 51.8 Å². The van der Waals surface area contributed by atoms with Crippen LogP contribution < -0.4 is 5.73 Å². The van der Waals surface area contributed by atoms with E-state index < -0.39 is 11.7 Å². The Morgan fingerprint density at radius 1 is 1.21 bits per heavy atom. The first-order valence-electron chi connectivity index (χ1n) is 5.35. The zero-order chi connectivity index (χ0) is 13.9. The van der Waals surface area contributed by atoms with E-state index in [-0.39, 0.29) is 12.1 Å². The molecule has 7 heteroatoms. The highest BCUT2D eigenvalue weighted by atomic mass is 32.2. The van der Waals surface area contributed by atoms with Crippen molar-refractivity contribution in [1.82, 2.24) is 9.97 Å². The predicted octanol–water partition coefficient (Wildman–Crippen LogP) is 3.11. The number of hydrogen-bond acceptors (Lipinski definition) is 4. The molecule has 3 nitrogen and oxygen atoms in total. The Morgan fingerprint density at radius 3 is 2.58 bits per heavy atom. The highest BCUT2D eigenvalue weighted by molar-refractivity contribution is 7.99. The number of alkyl halides is 3. The molecule has 1 heterocycles. The zero-order valence-corrected chi connectivity index (χ0v) is 10.5. The monoisotopic (exact) mass is 285 g/mol. The van der Waals surface area contributed by atoms with Crippen molar-refractivity contribution in [3.05, 3.63) is 47.9 Å². The summed E-state index contributed by atoms with van der Waals surface area (Å²) in [5.41, 5.74) is 4.76. The smallest absolute Gasteiger partial charge is 0.326 e. The molecule has 2 aromatic rings. The fraction of sp³-hybridized carbons (Fsp3) is 0.167. The van der Waals surface area contributed by atoms with Crippen molar-refractivity contribution in [2.45, 2.75) is 22.6 Å². The standard InChI is InChI=1S/C12H10F3N3S/c13-12(14,15)10-2-1-9(5-8(10)6-16)19-11-3-4-17-7-18-11/h1-5,7H,6,16H2. The third-order valence-electron chi connectivity index (χ3n) is 2.38. The van der Waals surface area contributed by atoms with Crippen LogP contribution in [0.1, 0.15) is 11.1 Å². The molecule has 0 saturated heterocycles. The second kappa shape index (κ2) is 5.58. The van der Waals surface area contributed by atoms with Crippen LogP contribution in [0.3, 0.4) is 0 Å². The summed E-state index contributed by atoms with van der Waals surface area (Å²) in [4.78, 5) is 8.43. The van der Waals surface area contributed by atoms with Crippen molar-refractivity contribution in [2.75, 3.05) is 0 Å². The Kier molecular flexibility index (Phi) is 4.06. The molecule has 0 aliphatic carbocycles. The lowest BCUT2D eigenvalue weighted by atomic mass is 10.1. The second-order valence-electron chi connectivity index (χ2n) is 3.67. The number of benzene rings is 1. The SMILES string of the molecule is NCc1cc(Sc2ccncn2)ccc1C(F)(F)F. The number of nitrogens with zero attached hydrogens (tertiary/aromatic N) is 2. The van der Waals surface area contributed by atoms with Gasteiger partial charge in [0, 0.05) is 17.6 Å². The summed E-state index contributed by atoms with van der Waals surface area (Å²) < 4.78 is 38.1. The second-order valence-corrected chi connectivity index (χ2v) is 4.76. The van der Waals surface area contributed by atoms with E-state index in [1.807, 2.05) is 0 Å².